The monoisotopic (exact) mass is 293 g/mol. The Morgan fingerprint density at radius 2 is 1.81 bits per heavy atom. The number of benzene rings is 2. The summed E-state index contributed by atoms with van der Waals surface area (Å²) in [7, 11) is 0. The zero-order chi connectivity index (χ0) is 15.2. The van der Waals surface area contributed by atoms with E-state index in [2.05, 4.69) is 5.32 Å². The molecule has 0 aromatic heterocycles. The Balaban J connectivity index is 2.09. The summed E-state index contributed by atoms with van der Waals surface area (Å²) in [5.74, 6) is -0.577. The molecule has 0 aliphatic heterocycles. The quantitative estimate of drug-likeness (QED) is 0.857. The van der Waals surface area contributed by atoms with Gasteiger partial charge in [-0.3, -0.25) is 0 Å². The van der Waals surface area contributed by atoms with Crippen LogP contribution < -0.4 is 10.1 Å². The molecule has 0 atom stereocenters. The van der Waals surface area contributed by atoms with Gasteiger partial charge in [-0.15, -0.1) is 0 Å². The molecule has 0 saturated carbocycles. The van der Waals surface area contributed by atoms with E-state index in [4.69, 9.17) is 4.74 Å². The third kappa shape index (κ3) is 4.16. The summed E-state index contributed by atoms with van der Waals surface area (Å²) >= 11 is 0. The minimum Gasteiger partial charge on any atom is -0.494 e. The first-order valence-electron chi connectivity index (χ1n) is 6.67. The van der Waals surface area contributed by atoms with Crippen LogP contribution in [0, 0.1) is 11.6 Å². The highest BCUT2D eigenvalue weighted by molar-refractivity contribution is 5.51. The van der Waals surface area contributed by atoms with E-state index in [9.17, 15) is 13.9 Å². The van der Waals surface area contributed by atoms with Gasteiger partial charge in [0.1, 0.15) is 17.4 Å². The first-order chi connectivity index (χ1) is 10.1. The molecule has 21 heavy (non-hydrogen) atoms. The maximum atomic E-state index is 13.1. The van der Waals surface area contributed by atoms with Crippen LogP contribution in [-0.4, -0.2) is 11.7 Å². The van der Waals surface area contributed by atoms with Crippen LogP contribution in [0.25, 0.3) is 0 Å². The van der Waals surface area contributed by atoms with Gasteiger partial charge in [0.25, 0.3) is 0 Å². The van der Waals surface area contributed by atoms with E-state index in [1.54, 1.807) is 18.2 Å². The lowest BCUT2D eigenvalue weighted by molar-refractivity contribution is 0.267. The van der Waals surface area contributed by atoms with E-state index in [1.807, 2.05) is 6.92 Å². The summed E-state index contributed by atoms with van der Waals surface area (Å²) in [4.78, 5) is 0. The van der Waals surface area contributed by atoms with Gasteiger partial charge < -0.3 is 15.2 Å². The van der Waals surface area contributed by atoms with Gasteiger partial charge in [0.15, 0.2) is 0 Å². The lowest BCUT2D eigenvalue weighted by atomic mass is 10.1. The number of aliphatic hydroxyl groups is 1. The Morgan fingerprint density at radius 3 is 2.43 bits per heavy atom. The summed E-state index contributed by atoms with van der Waals surface area (Å²) in [6.07, 6.45) is 0. The molecule has 5 heteroatoms. The summed E-state index contributed by atoms with van der Waals surface area (Å²) in [6.45, 7) is 2.53. The second-order valence-electron chi connectivity index (χ2n) is 4.54. The molecule has 0 saturated heterocycles. The van der Waals surface area contributed by atoms with Gasteiger partial charge in [-0.2, -0.15) is 0 Å². The van der Waals surface area contributed by atoms with Crippen molar-refractivity contribution >= 4 is 5.69 Å². The Labute approximate surface area is 122 Å². The van der Waals surface area contributed by atoms with Crippen LogP contribution in [-0.2, 0) is 13.2 Å². The zero-order valence-electron chi connectivity index (χ0n) is 11.7. The molecular weight excluding hydrogens is 276 g/mol. The van der Waals surface area contributed by atoms with Gasteiger partial charge in [0, 0.05) is 23.9 Å². The fourth-order valence-corrected chi connectivity index (χ4v) is 2.03. The molecule has 0 bridgehead atoms. The normalized spacial score (nSPS) is 10.5. The van der Waals surface area contributed by atoms with Crippen molar-refractivity contribution in [1.29, 1.82) is 0 Å². The number of hydrogen-bond donors (Lipinski definition) is 2. The number of halogens is 2. The van der Waals surface area contributed by atoms with Gasteiger partial charge in [-0.25, -0.2) is 8.78 Å². The van der Waals surface area contributed by atoms with Gasteiger partial charge in [-0.05, 0) is 42.8 Å². The van der Waals surface area contributed by atoms with Crippen LogP contribution in [0.1, 0.15) is 18.1 Å². The molecule has 2 N–H and O–H groups in total. The largest absolute Gasteiger partial charge is 0.494 e. The van der Waals surface area contributed by atoms with Crippen molar-refractivity contribution in [3.8, 4) is 5.75 Å². The van der Waals surface area contributed by atoms with Crippen molar-refractivity contribution < 1.29 is 18.6 Å². The van der Waals surface area contributed by atoms with Crippen molar-refractivity contribution in [1.82, 2.24) is 0 Å². The topological polar surface area (TPSA) is 41.5 Å². The molecular formula is C16H17F2NO2. The molecule has 2 rings (SSSR count). The van der Waals surface area contributed by atoms with Crippen LogP contribution >= 0.6 is 0 Å². The Kier molecular flexibility index (Phi) is 5.11. The molecule has 112 valence electrons. The van der Waals surface area contributed by atoms with E-state index in [-0.39, 0.29) is 13.2 Å². The highest BCUT2D eigenvalue weighted by Crippen LogP contribution is 2.23. The van der Waals surface area contributed by atoms with E-state index >= 15 is 0 Å². The van der Waals surface area contributed by atoms with Crippen molar-refractivity contribution in [2.24, 2.45) is 0 Å². The highest BCUT2D eigenvalue weighted by Gasteiger charge is 2.05. The van der Waals surface area contributed by atoms with Gasteiger partial charge in [0.05, 0.1) is 13.2 Å². The number of rotatable bonds is 6. The second-order valence-corrected chi connectivity index (χ2v) is 4.54. The minimum atomic E-state index is -0.602. The van der Waals surface area contributed by atoms with Crippen LogP contribution in [0.2, 0.25) is 0 Å². The summed E-state index contributed by atoms with van der Waals surface area (Å²) in [6, 6.07) is 8.68. The lowest BCUT2D eigenvalue weighted by Gasteiger charge is -2.12. The summed E-state index contributed by atoms with van der Waals surface area (Å²) in [5.41, 5.74) is 1.91. The summed E-state index contributed by atoms with van der Waals surface area (Å²) < 4.78 is 31.6. The standard InChI is InChI=1S/C16H17F2NO2/c1-2-21-16-4-3-15(7-12(16)10-20)19-9-11-5-13(17)8-14(18)6-11/h3-8,19-20H,2,9-10H2,1H3. The first kappa shape index (κ1) is 15.3. The Hall–Kier alpha value is -2.14. The highest BCUT2D eigenvalue weighted by atomic mass is 19.1. The number of anilines is 1. The maximum absolute atomic E-state index is 13.1. The van der Waals surface area contributed by atoms with Crippen LogP contribution in [0.15, 0.2) is 36.4 Å². The number of nitrogens with one attached hydrogen (secondary N) is 1. The number of hydrogen-bond acceptors (Lipinski definition) is 3. The van der Waals surface area contributed by atoms with Crippen LogP contribution in [0.3, 0.4) is 0 Å². The molecule has 0 aliphatic rings. The zero-order valence-corrected chi connectivity index (χ0v) is 11.7. The molecule has 2 aromatic rings. The van der Waals surface area contributed by atoms with Crippen molar-refractivity contribution in [2.45, 2.75) is 20.1 Å². The SMILES string of the molecule is CCOc1ccc(NCc2cc(F)cc(F)c2)cc1CO. The Morgan fingerprint density at radius 1 is 1.10 bits per heavy atom. The molecule has 0 unspecified atom stereocenters. The number of aliphatic hydroxyl groups excluding tert-OH is 1. The van der Waals surface area contributed by atoms with Gasteiger partial charge >= 0.3 is 0 Å². The van der Waals surface area contributed by atoms with Crippen molar-refractivity contribution in [2.75, 3.05) is 11.9 Å². The molecule has 0 amide bonds. The smallest absolute Gasteiger partial charge is 0.126 e. The molecule has 0 heterocycles. The predicted molar refractivity (Wildman–Crippen MR) is 77.2 cm³/mol. The summed E-state index contributed by atoms with van der Waals surface area (Å²) in [5, 5.41) is 12.4. The Bertz CT molecular complexity index is 597. The van der Waals surface area contributed by atoms with E-state index in [0.29, 0.717) is 23.5 Å². The minimum absolute atomic E-state index is 0.139. The second kappa shape index (κ2) is 7.04. The fraction of sp³-hybridized carbons (Fsp3) is 0.250. The molecule has 0 radical (unpaired) electrons. The molecule has 0 aliphatic carbocycles. The molecule has 0 fully saturated rings. The van der Waals surface area contributed by atoms with Crippen molar-refractivity contribution in [3.63, 3.8) is 0 Å². The third-order valence-electron chi connectivity index (χ3n) is 2.95. The third-order valence-corrected chi connectivity index (χ3v) is 2.95. The van der Waals surface area contributed by atoms with Crippen LogP contribution in [0.5, 0.6) is 5.75 Å². The van der Waals surface area contributed by atoms with E-state index in [0.717, 1.165) is 11.8 Å². The van der Waals surface area contributed by atoms with Crippen LogP contribution in [0.4, 0.5) is 14.5 Å². The molecule has 3 nitrogen and oxygen atoms in total. The number of ether oxygens (including phenoxy) is 1. The molecule has 0 spiro atoms. The maximum Gasteiger partial charge on any atom is 0.126 e. The van der Waals surface area contributed by atoms with E-state index < -0.39 is 11.6 Å². The average molecular weight is 293 g/mol. The van der Waals surface area contributed by atoms with Gasteiger partial charge in [-0.1, -0.05) is 0 Å². The average Bonchev–Trinajstić information content (AvgIpc) is 2.45. The first-order valence-corrected chi connectivity index (χ1v) is 6.67. The fourth-order valence-electron chi connectivity index (χ4n) is 2.03. The van der Waals surface area contributed by atoms with E-state index in [1.165, 1.54) is 12.1 Å². The van der Waals surface area contributed by atoms with Crippen molar-refractivity contribution in [3.05, 3.63) is 59.2 Å². The molecule has 2 aromatic carbocycles. The lowest BCUT2D eigenvalue weighted by Crippen LogP contribution is -2.02. The predicted octanol–water partition coefficient (Wildman–Crippen LogP) is 3.47. The van der Waals surface area contributed by atoms with Gasteiger partial charge in [0.2, 0.25) is 0 Å².